The second-order valence-corrected chi connectivity index (χ2v) is 6.61. The second-order valence-electron chi connectivity index (χ2n) is 5.54. The molecule has 0 radical (unpaired) electrons. The lowest BCUT2D eigenvalue weighted by molar-refractivity contribution is 0.341. The molecule has 0 aromatic carbocycles. The van der Waals surface area contributed by atoms with Crippen LogP contribution in [0, 0.1) is 5.92 Å². The van der Waals surface area contributed by atoms with Crippen molar-refractivity contribution in [2.45, 2.75) is 57.3 Å². The van der Waals surface area contributed by atoms with Crippen molar-refractivity contribution >= 4 is 16.3 Å². The van der Waals surface area contributed by atoms with Gasteiger partial charge in [0.25, 0.3) is 0 Å². The van der Waals surface area contributed by atoms with Gasteiger partial charge in [0.05, 0.1) is 10.7 Å². The van der Waals surface area contributed by atoms with Crippen molar-refractivity contribution in [1.29, 1.82) is 0 Å². The maximum absolute atomic E-state index is 6.14. The summed E-state index contributed by atoms with van der Waals surface area (Å²) >= 11 is 1.75. The van der Waals surface area contributed by atoms with Gasteiger partial charge >= 0.3 is 0 Å². The van der Waals surface area contributed by atoms with Crippen LogP contribution < -0.4 is 5.73 Å². The molecule has 2 unspecified atom stereocenters. The Morgan fingerprint density at radius 2 is 2.00 bits per heavy atom. The van der Waals surface area contributed by atoms with Gasteiger partial charge in [-0.05, 0) is 31.6 Å². The Labute approximate surface area is 101 Å². The van der Waals surface area contributed by atoms with Gasteiger partial charge < -0.3 is 5.73 Å². The van der Waals surface area contributed by atoms with Gasteiger partial charge in [-0.15, -0.1) is 11.3 Å². The van der Waals surface area contributed by atoms with E-state index in [1.807, 2.05) is 0 Å². The summed E-state index contributed by atoms with van der Waals surface area (Å²) in [5, 5.41) is 2.31. The molecule has 2 aliphatic carbocycles. The number of nitrogen functional groups attached to an aromatic ring is 1. The molecular weight excluding hydrogens is 216 g/mol. The molecule has 0 spiro atoms. The number of anilines is 1. The molecule has 3 rings (SSSR count). The molecule has 3 heteroatoms. The molecule has 0 aliphatic heterocycles. The first-order chi connectivity index (χ1) is 7.74. The number of nitrogens with two attached hydrogens (primary N) is 1. The van der Waals surface area contributed by atoms with Crippen LogP contribution in [0.1, 0.15) is 68.0 Å². The highest BCUT2D eigenvalue weighted by molar-refractivity contribution is 7.15. The highest BCUT2D eigenvalue weighted by Gasteiger charge is 2.30. The van der Waals surface area contributed by atoms with Gasteiger partial charge in [-0.2, -0.15) is 0 Å². The van der Waals surface area contributed by atoms with Crippen LogP contribution in [0.5, 0.6) is 0 Å². The lowest BCUT2D eigenvalue weighted by atomic mass is 9.81. The normalized spacial score (nSPS) is 30.6. The molecule has 0 bridgehead atoms. The van der Waals surface area contributed by atoms with Crippen LogP contribution in [-0.4, -0.2) is 4.98 Å². The predicted octanol–water partition coefficient (Wildman–Crippen LogP) is 3.90. The van der Waals surface area contributed by atoms with Crippen LogP contribution in [0.25, 0.3) is 0 Å². The van der Waals surface area contributed by atoms with Crippen molar-refractivity contribution in [3.05, 3.63) is 10.7 Å². The van der Waals surface area contributed by atoms with Crippen molar-refractivity contribution in [2.75, 3.05) is 5.73 Å². The summed E-state index contributed by atoms with van der Waals surface area (Å²) in [7, 11) is 0. The molecule has 88 valence electrons. The standard InChI is InChI=1S/C13H20N2S/c1-8-3-2-4-10(7-8)11-12(14)16-13(15-11)9-5-6-9/h8-10H,2-7,14H2,1H3. The van der Waals surface area contributed by atoms with E-state index in [1.165, 1.54) is 49.2 Å². The third kappa shape index (κ3) is 1.97. The van der Waals surface area contributed by atoms with E-state index in [4.69, 9.17) is 10.7 Å². The molecule has 2 fully saturated rings. The molecule has 2 N–H and O–H groups in total. The first-order valence-corrected chi connectivity index (χ1v) is 7.31. The van der Waals surface area contributed by atoms with Gasteiger partial charge in [0.2, 0.25) is 0 Å². The van der Waals surface area contributed by atoms with Crippen molar-refractivity contribution < 1.29 is 0 Å². The van der Waals surface area contributed by atoms with E-state index in [0.29, 0.717) is 5.92 Å². The van der Waals surface area contributed by atoms with Crippen molar-refractivity contribution in [1.82, 2.24) is 4.98 Å². The fraction of sp³-hybridized carbons (Fsp3) is 0.769. The van der Waals surface area contributed by atoms with Crippen LogP contribution in [-0.2, 0) is 0 Å². The summed E-state index contributed by atoms with van der Waals surface area (Å²) in [6.07, 6.45) is 7.97. The molecule has 16 heavy (non-hydrogen) atoms. The molecule has 1 aromatic rings. The summed E-state index contributed by atoms with van der Waals surface area (Å²) in [6.45, 7) is 2.36. The Morgan fingerprint density at radius 3 is 2.69 bits per heavy atom. The Hall–Kier alpha value is -0.570. The average molecular weight is 236 g/mol. The summed E-state index contributed by atoms with van der Waals surface area (Å²) < 4.78 is 0. The van der Waals surface area contributed by atoms with Crippen LogP contribution in [0.2, 0.25) is 0 Å². The molecule has 0 saturated heterocycles. The predicted molar refractivity (Wildman–Crippen MR) is 68.9 cm³/mol. The molecule has 2 aliphatic rings. The Morgan fingerprint density at radius 1 is 1.19 bits per heavy atom. The fourth-order valence-corrected chi connectivity index (χ4v) is 3.93. The van der Waals surface area contributed by atoms with Gasteiger partial charge in [0.15, 0.2) is 0 Å². The summed E-state index contributed by atoms with van der Waals surface area (Å²) in [5.41, 5.74) is 7.37. The number of aromatic nitrogens is 1. The Kier molecular flexibility index (Phi) is 2.66. The van der Waals surface area contributed by atoms with Gasteiger partial charge in [-0.1, -0.05) is 19.8 Å². The van der Waals surface area contributed by atoms with E-state index >= 15 is 0 Å². The number of nitrogens with zero attached hydrogens (tertiary/aromatic N) is 1. The lowest BCUT2D eigenvalue weighted by Crippen LogP contribution is -2.13. The minimum absolute atomic E-state index is 0.646. The van der Waals surface area contributed by atoms with Crippen molar-refractivity contribution in [3.8, 4) is 0 Å². The number of hydrogen-bond acceptors (Lipinski definition) is 3. The van der Waals surface area contributed by atoms with Crippen LogP contribution >= 0.6 is 11.3 Å². The highest BCUT2D eigenvalue weighted by Crippen LogP contribution is 2.46. The zero-order valence-electron chi connectivity index (χ0n) is 9.91. The number of thiazole rings is 1. The average Bonchev–Trinajstić information content (AvgIpc) is 3.02. The molecular formula is C13H20N2S. The van der Waals surface area contributed by atoms with E-state index < -0.39 is 0 Å². The fourth-order valence-electron chi connectivity index (χ4n) is 2.84. The van der Waals surface area contributed by atoms with Gasteiger partial charge in [0.1, 0.15) is 5.00 Å². The smallest absolute Gasteiger partial charge is 0.110 e. The first-order valence-electron chi connectivity index (χ1n) is 6.50. The second kappa shape index (κ2) is 4.02. The zero-order valence-corrected chi connectivity index (χ0v) is 10.7. The van der Waals surface area contributed by atoms with Crippen LogP contribution in [0.15, 0.2) is 0 Å². The van der Waals surface area contributed by atoms with E-state index in [0.717, 1.165) is 16.8 Å². The molecule has 0 amide bonds. The lowest BCUT2D eigenvalue weighted by Gasteiger charge is -2.25. The number of hydrogen-bond donors (Lipinski definition) is 1. The van der Waals surface area contributed by atoms with Crippen LogP contribution in [0.3, 0.4) is 0 Å². The molecule has 1 heterocycles. The monoisotopic (exact) mass is 236 g/mol. The molecule has 2 nitrogen and oxygen atoms in total. The molecule has 1 aromatic heterocycles. The maximum atomic E-state index is 6.14. The third-order valence-electron chi connectivity index (χ3n) is 3.95. The van der Waals surface area contributed by atoms with Gasteiger partial charge in [-0.3, -0.25) is 0 Å². The Balaban J connectivity index is 1.81. The quantitative estimate of drug-likeness (QED) is 0.846. The summed E-state index contributed by atoms with van der Waals surface area (Å²) in [4.78, 5) is 4.82. The third-order valence-corrected chi connectivity index (χ3v) is 5.01. The minimum atomic E-state index is 0.646. The van der Waals surface area contributed by atoms with E-state index in [1.54, 1.807) is 11.3 Å². The van der Waals surface area contributed by atoms with Crippen molar-refractivity contribution in [2.24, 2.45) is 5.92 Å². The first kappa shape index (κ1) is 10.6. The maximum Gasteiger partial charge on any atom is 0.110 e. The zero-order chi connectivity index (χ0) is 11.1. The minimum Gasteiger partial charge on any atom is -0.389 e. The highest BCUT2D eigenvalue weighted by atomic mass is 32.1. The van der Waals surface area contributed by atoms with Crippen LogP contribution in [0.4, 0.5) is 5.00 Å². The Bertz CT molecular complexity index is 381. The largest absolute Gasteiger partial charge is 0.389 e. The van der Waals surface area contributed by atoms with Gasteiger partial charge in [-0.25, -0.2) is 4.98 Å². The summed E-state index contributed by atoms with van der Waals surface area (Å²) in [6, 6.07) is 0. The number of rotatable bonds is 2. The van der Waals surface area contributed by atoms with Crippen molar-refractivity contribution in [3.63, 3.8) is 0 Å². The topological polar surface area (TPSA) is 38.9 Å². The van der Waals surface area contributed by atoms with E-state index in [2.05, 4.69) is 6.92 Å². The van der Waals surface area contributed by atoms with Gasteiger partial charge in [0, 0.05) is 11.8 Å². The summed E-state index contributed by atoms with van der Waals surface area (Å²) in [5.74, 6) is 2.25. The SMILES string of the molecule is CC1CCCC(c2nc(C3CC3)sc2N)C1. The van der Waals surface area contributed by atoms with E-state index in [-0.39, 0.29) is 0 Å². The molecule has 2 atom stereocenters. The molecule has 2 saturated carbocycles. The van der Waals surface area contributed by atoms with E-state index in [9.17, 15) is 0 Å².